The predicted octanol–water partition coefficient (Wildman–Crippen LogP) is 4.67. The zero-order valence-electron chi connectivity index (χ0n) is 12.2. The molecule has 0 saturated carbocycles. The fourth-order valence-corrected chi connectivity index (χ4v) is 2.86. The van der Waals surface area contributed by atoms with Gasteiger partial charge in [0.05, 0.1) is 5.69 Å². The van der Waals surface area contributed by atoms with Crippen LogP contribution in [-0.2, 0) is 0 Å². The normalized spacial score (nSPS) is 10.5. The second-order valence-corrected chi connectivity index (χ2v) is 6.28. The van der Waals surface area contributed by atoms with Gasteiger partial charge in [0.1, 0.15) is 5.58 Å². The minimum Gasteiger partial charge on any atom is -0.423 e. The molecule has 1 heterocycles. The summed E-state index contributed by atoms with van der Waals surface area (Å²) < 4.78 is 6.16. The van der Waals surface area contributed by atoms with Crippen LogP contribution in [0.4, 0.5) is 11.4 Å². The highest BCUT2D eigenvalue weighted by Crippen LogP contribution is 2.23. The first kappa shape index (κ1) is 15.7. The van der Waals surface area contributed by atoms with Gasteiger partial charge in [-0.15, -0.1) is 0 Å². The molecule has 1 aromatic heterocycles. The number of hydrogen-bond acceptors (Lipinski definition) is 3. The van der Waals surface area contributed by atoms with E-state index in [4.69, 9.17) is 16.6 Å². The third kappa shape index (κ3) is 3.60. The Morgan fingerprint density at radius 3 is 2.70 bits per heavy atom. The maximum Gasteiger partial charge on any atom is 0.336 e. The molecule has 0 aliphatic rings. The van der Waals surface area contributed by atoms with Gasteiger partial charge in [0.2, 0.25) is 0 Å². The Morgan fingerprint density at radius 1 is 1.13 bits per heavy atom. The van der Waals surface area contributed by atoms with Gasteiger partial charge in [-0.25, -0.2) is 4.79 Å². The molecule has 0 unspecified atom stereocenters. The van der Waals surface area contributed by atoms with Crippen molar-refractivity contribution in [2.45, 2.75) is 6.92 Å². The molecule has 3 rings (SSSR count). The Bertz CT molecular complexity index is 953. The smallest absolute Gasteiger partial charge is 0.336 e. The van der Waals surface area contributed by atoms with E-state index in [0.717, 1.165) is 26.8 Å². The summed E-state index contributed by atoms with van der Waals surface area (Å²) in [5.74, 6) is 0. The van der Waals surface area contributed by atoms with Crippen molar-refractivity contribution in [3.05, 3.63) is 69.0 Å². The van der Waals surface area contributed by atoms with E-state index in [1.165, 1.54) is 6.07 Å². The Hall–Kier alpha value is -2.18. The molecule has 0 aliphatic heterocycles. The monoisotopic (exact) mass is 388 g/mol. The van der Waals surface area contributed by atoms with Gasteiger partial charge in [0.15, 0.2) is 5.11 Å². The number of thiocarbonyl (C=S) groups is 1. The van der Waals surface area contributed by atoms with Crippen molar-refractivity contribution >= 4 is 55.6 Å². The summed E-state index contributed by atoms with van der Waals surface area (Å²) >= 11 is 8.78. The molecule has 6 heteroatoms. The van der Waals surface area contributed by atoms with Crippen LogP contribution < -0.4 is 16.3 Å². The average molecular weight is 389 g/mol. The molecule has 0 atom stereocenters. The number of hydrogen-bond donors (Lipinski definition) is 2. The van der Waals surface area contributed by atoms with Crippen molar-refractivity contribution < 1.29 is 4.42 Å². The highest BCUT2D eigenvalue weighted by Gasteiger charge is 2.06. The summed E-state index contributed by atoms with van der Waals surface area (Å²) in [5, 5.41) is 7.55. The first-order chi connectivity index (χ1) is 11.0. The van der Waals surface area contributed by atoms with Crippen LogP contribution in [0.3, 0.4) is 0 Å². The first-order valence-corrected chi connectivity index (χ1v) is 8.10. The molecule has 2 aromatic carbocycles. The number of para-hydroxylation sites is 1. The lowest BCUT2D eigenvalue weighted by Crippen LogP contribution is -2.19. The zero-order valence-corrected chi connectivity index (χ0v) is 14.6. The van der Waals surface area contributed by atoms with Gasteiger partial charge in [-0.05, 0) is 64.9 Å². The number of nitrogens with one attached hydrogen (secondary N) is 2. The van der Waals surface area contributed by atoms with Crippen LogP contribution in [0.2, 0.25) is 0 Å². The van der Waals surface area contributed by atoms with E-state index in [9.17, 15) is 4.79 Å². The summed E-state index contributed by atoms with van der Waals surface area (Å²) in [4.78, 5) is 11.5. The molecular weight excluding hydrogens is 376 g/mol. The molecule has 2 N–H and O–H groups in total. The summed E-state index contributed by atoms with van der Waals surface area (Å²) in [7, 11) is 0. The maximum atomic E-state index is 11.5. The Morgan fingerprint density at radius 2 is 1.91 bits per heavy atom. The van der Waals surface area contributed by atoms with E-state index in [-0.39, 0.29) is 5.63 Å². The van der Waals surface area contributed by atoms with Gasteiger partial charge >= 0.3 is 5.63 Å². The second kappa shape index (κ2) is 6.52. The van der Waals surface area contributed by atoms with Crippen molar-refractivity contribution in [2.24, 2.45) is 0 Å². The number of benzene rings is 2. The van der Waals surface area contributed by atoms with Gasteiger partial charge in [-0.3, -0.25) is 0 Å². The molecule has 0 spiro atoms. The topological polar surface area (TPSA) is 54.3 Å². The zero-order chi connectivity index (χ0) is 16.4. The highest BCUT2D eigenvalue weighted by atomic mass is 79.9. The largest absolute Gasteiger partial charge is 0.423 e. The summed E-state index contributed by atoms with van der Waals surface area (Å²) in [6.07, 6.45) is 0. The Balaban J connectivity index is 1.83. The van der Waals surface area contributed by atoms with Crippen LogP contribution in [-0.4, -0.2) is 5.11 Å². The number of rotatable bonds is 2. The highest BCUT2D eigenvalue weighted by molar-refractivity contribution is 9.10. The number of fused-ring (bicyclic) bond motifs is 1. The van der Waals surface area contributed by atoms with Crippen LogP contribution in [0.5, 0.6) is 0 Å². The Labute approximate surface area is 146 Å². The van der Waals surface area contributed by atoms with E-state index < -0.39 is 0 Å². The molecule has 4 nitrogen and oxygen atoms in total. The molecule has 0 radical (unpaired) electrons. The van der Waals surface area contributed by atoms with Gasteiger partial charge in [0.25, 0.3) is 0 Å². The van der Waals surface area contributed by atoms with Crippen molar-refractivity contribution in [1.82, 2.24) is 0 Å². The molecule has 0 amide bonds. The van der Waals surface area contributed by atoms with Gasteiger partial charge < -0.3 is 15.1 Å². The fraction of sp³-hybridized carbons (Fsp3) is 0.0588. The fourth-order valence-electron chi connectivity index (χ4n) is 2.25. The van der Waals surface area contributed by atoms with Gasteiger partial charge in [-0.1, -0.05) is 12.1 Å². The standard InChI is InChI=1S/C17H13BrN2O2S/c1-10-8-16(21)22-15-9-11(6-7-12(10)15)19-17(23)20-14-5-3-2-4-13(14)18/h2-9H,1H3,(H2,19,20,23). The molecule has 0 saturated heterocycles. The third-order valence-corrected chi connectivity index (χ3v) is 4.23. The second-order valence-electron chi connectivity index (χ2n) is 5.02. The van der Waals surface area contributed by atoms with Crippen LogP contribution >= 0.6 is 28.1 Å². The molecule has 23 heavy (non-hydrogen) atoms. The lowest BCUT2D eigenvalue weighted by Gasteiger charge is -2.12. The molecule has 0 aliphatic carbocycles. The van der Waals surface area contributed by atoms with Crippen LogP contribution in [0.25, 0.3) is 11.0 Å². The lowest BCUT2D eigenvalue weighted by molar-refractivity contribution is 0.560. The van der Waals surface area contributed by atoms with Gasteiger partial charge in [0, 0.05) is 27.7 Å². The number of aryl methyl sites for hydroxylation is 1. The van der Waals surface area contributed by atoms with Gasteiger partial charge in [-0.2, -0.15) is 0 Å². The quantitative estimate of drug-likeness (QED) is 0.493. The van der Waals surface area contributed by atoms with E-state index in [1.807, 2.05) is 43.3 Å². The SMILES string of the molecule is Cc1cc(=O)oc2cc(NC(=S)Nc3ccccc3Br)ccc12. The number of anilines is 2. The maximum absolute atomic E-state index is 11.5. The molecule has 3 aromatic rings. The molecular formula is C17H13BrN2O2S. The van der Waals surface area contributed by atoms with Crippen LogP contribution in [0, 0.1) is 6.92 Å². The Kier molecular flexibility index (Phi) is 4.45. The predicted molar refractivity (Wildman–Crippen MR) is 101 cm³/mol. The van der Waals surface area contributed by atoms with Crippen molar-refractivity contribution in [3.63, 3.8) is 0 Å². The van der Waals surface area contributed by atoms with E-state index >= 15 is 0 Å². The molecule has 0 fully saturated rings. The van der Waals surface area contributed by atoms with E-state index in [0.29, 0.717) is 10.7 Å². The summed E-state index contributed by atoms with van der Waals surface area (Å²) in [6, 6.07) is 14.7. The van der Waals surface area contributed by atoms with E-state index in [1.54, 1.807) is 6.07 Å². The third-order valence-electron chi connectivity index (χ3n) is 3.33. The minimum absolute atomic E-state index is 0.360. The summed E-state index contributed by atoms with van der Waals surface area (Å²) in [5.41, 5.74) is 2.67. The van der Waals surface area contributed by atoms with Crippen LogP contribution in [0.15, 0.2) is 62.2 Å². The molecule has 116 valence electrons. The summed E-state index contributed by atoms with van der Waals surface area (Å²) in [6.45, 7) is 1.88. The lowest BCUT2D eigenvalue weighted by atomic mass is 10.1. The minimum atomic E-state index is -0.360. The first-order valence-electron chi connectivity index (χ1n) is 6.90. The van der Waals surface area contributed by atoms with Crippen molar-refractivity contribution in [1.29, 1.82) is 0 Å². The van der Waals surface area contributed by atoms with Crippen LogP contribution in [0.1, 0.15) is 5.56 Å². The van der Waals surface area contributed by atoms with Crippen molar-refractivity contribution in [3.8, 4) is 0 Å². The van der Waals surface area contributed by atoms with Crippen molar-refractivity contribution in [2.75, 3.05) is 10.6 Å². The average Bonchev–Trinajstić information content (AvgIpc) is 2.49. The molecule has 0 bridgehead atoms. The van der Waals surface area contributed by atoms with E-state index in [2.05, 4.69) is 26.6 Å². The number of halogens is 1.